The van der Waals surface area contributed by atoms with Crippen molar-refractivity contribution in [1.82, 2.24) is 9.97 Å². The summed E-state index contributed by atoms with van der Waals surface area (Å²) in [6, 6.07) is 11.2. The number of fused-ring (bicyclic) bond motifs is 1. The smallest absolute Gasteiger partial charge is 0.249 e. The van der Waals surface area contributed by atoms with E-state index in [0.29, 0.717) is 17.3 Å². The van der Waals surface area contributed by atoms with Gasteiger partial charge in [0.05, 0.1) is 6.57 Å². The molecule has 1 saturated heterocycles. The molecule has 0 unspecified atom stereocenters. The van der Waals surface area contributed by atoms with E-state index in [4.69, 9.17) is 11.0 Å². The Morgan fingerprint density at radius 1 is 0.957 bits per heavy atom. The highest BCUT2D eigenvalue weighted by Crippen LogP contribution is 2.27. The van der Waals surface area contributed by atoms with E-state index in [9.17, 15) is 0 Å². The molecule has 114 valence electrons. The second-order valence-electron chi connectivity index (χ2n) is 5.72. The number of rotatable bonds is 2. The summed E-state index contributed by atoms with van der Waals surface area (Å²) in [4.78, 5) is 14.8. The Morgan fingerprint density at radius 3 is 2.48 bits per heavy atom. The maximum atomic E-state index is 7.00. The van der Waals surface area contributed by atoms with Crippen molar-refractivity contribution >= 4 is 22.7 Å². The van der Waals surface area contributed by atoms with Crippen molar-refractivity contribution in [2.75, 3.05) is 18.0 Å². The van der Waals surface area contributed by atoms with Crippen LogP contribution in [0, 0.1) is 6.57 Å². The molecule has 1 fully saturated rings. The van der Waals surface area contributed by atoms with Crippen LogP contribution in [0.15, 0.2) is 40.8 Å². The van der Waals surface area contributed by atoms with Gasteiger partial charge in [0.25, 0.3) is 0 Å². The molecule has 0 N–H and O–H groups in total. The zero-order chi connectivity index (χ0) is 15.6. The fourth-order valence-electron chi connectivity index (χ4n) is 2.91. The number of pyridine rings is 1. The van der Waals surface area contributed by atoms with E-state index < -0.39 is 0 Å². The summed E-state index contributed by atoms with van der Waals surface area (Å²) in [7, 11) is 0. The van der Waals surface area contributed by atoms with Crippen LogP contribution in [0.1, 0.15) is 19.3 Å². The first-order chi connectivity index (χ1) is 11.3. The van der Waals surface area contributed by atoms with Crippen LogP contribution in [0.4, 0.5) is 11.5 Å². The van der Waals surface area contributed by atoms with Crippen LogP contribution in [0.3, 0.4) is 0 Å². The topological polar surface area (TPSA) is 46.5 Å². The molecule has 0 atom stereocenters. The van der Waals surface area contributed by atoms with Crippen LogP contribution in [0.2, 0.25) is 0 Å². The maximum Gasteiger partial charge on any atom is 0.249 e. The average molecular weight is 304 g/mol. The van der Waals surface area contributed by atoms with E-state index in [0.717, 1.165) is 30.0 Å². The van der Waals surface area contributed by atoms with Gasteiger partial charge in [0, 0.05) is 18.7 Å². The van der Waals surface area contributed by atoms with Gasteiger partial charge in [0.2, 0.25) is 11.6 Å². The highest BCUT2D eigenvalue weighted by atomic mass is 16.4. The van der Waals surface area contributed by atoms with Crippen molar-refractivity contribution in [2.24, 2.45) is 0 Å². The number of hydrogen-bond donors (Lipinski definition) is 0. The molecule has 1 aliphatic heterocycles. The molecule has 0 saturated carbocycles. The fourth-order valence-corrected chi connectivity index (χ4v) is 2.91. The lowest BCUT2D eigenvalue weighted by atomic mass is 10.1. The van der Waals surface area contributed by atoms with Crippen LogP contribution in [-0.2, 0) is 0 Å². The molecule has 5 nitrogen and oxygen atoms in total. The van der Waals surface area contributed by atoms with Gasteiger partial charge >= 0.3 is 0 Å². The van der Waals surface area contributed by atoms with E-state index >= 15 is 0 Å². The normalized spacial score (nSPS) is 14.8. The molecule has 23 heavy (non-hydrogen) atoms. The molecule has 1 aromatic carbocycles. The van der Waals surface area contributed by atoms with Crippen molar-refractivity contribution in [3.05, 3.63) is 47.8 Å². The Bertz CT molecular complexity index is 870. The van der Waals surface area contributed by atoms with Gasteiger partial charge in [-0.1, -0.05) is 24.3 Å². The molecule has 0 aliphatic carbocycles. The van der Waals surface area contributed by atoms with Gasteiger partial charge in [-0.15, -0.1) is 0 Å². The Kier molecular flexibility index (Phi) is 3.43. The third-order valence-corrected chi connectivity index (χ3v) is 4.16. The zero-order valence-corrected chi connectivity index (χ0v) is 12.7. The van der Waals surface area contributed by atoms with Crippen molar-refractivity contribution in [2.45, 2.75) is 19.3 Å². The van der Waals surface area contributed by atoms with E-state index in [1.54, 1.807) is 12.1 Å². The number of anilines is 1. The van der Waals surface area contributed by atoms with E-state index in [1.165, 1.54) is 19.3 Å². The number of oxazole rings is 1. The highest BCUT2D eigenvalue weighted by Gasteiger charge is 2.15. The Morgan fingerprint density at radius 2 is 1.74 bits per heavy atom. The quantitative estimate of drug-likeness (QED) is 0.657. The number of piperidine rings is 1. The van der Waals surface area contributed by atoms with Crippen LogP contribution in [-0.4, -0.2) is 23.1 Å². The van der Waals surface area contributed by atoms with Crippen molar-refractivity contribution in [3.8, 4) is 11.5 Å². The molecule has 0 spiro atoms. The van der Waals surface area contributed by atoms with E-state index in [1.807, 2.05) is 24.3 Å². The third-order valence-electron chi connectivity index (χ3n) is 4.16. The molecule has 3 aromatic rings. The Hall–Kier alpha value is -2.87. The van der Waals surface area contributed by atoms with Gasteiger partial charge < -0.3 is 9.32 Å². The van der Waals surface area contributed by atoms with Crippen LogP contribution in [0.25, 0.3) is 27.5 Å². The average Bonchev–Trinajstić information content (AvgIpc) is 3.06. The van der Waals surface area contributed by atoms with E-state index in [2.05, 4.69) is 19.7 Å². The third kappa shape index (κ3) is 2.64. The molecular formula is C18H16N4O. The summed E-state index contributed by atoms with van der Waals surface area (Å²) in [5, 5.41) is 0. The monoisotopic (exact) mass is 304 g/mol. The summed E-state index contributed by atoms with van der Waals surface area (Å²) in [6.45, 7) is 9.11. The molecule has 0 bridgehead atoms. The van der Waals surface area contributed by atoms with Crippen molar-refractivity contribution in [1.29, 1.82) is 0 Å². The van der Waals surface area contributed by atoms with Gasteiger partial charge in [0.15, 0.2) is 5.69 Å². The first-order valence-corrected chi connectivity index (χ1v) is 7.84. The molecule has 2 aromatic heterocycles. The predicted molar refractivity (Wildman–Crippen MR) is 89.6 cm³/mol. The minimum Gasteiger partial charge on any atom is -0.418 e. The van der Waals surface area contributed by atoms with Crippen molar-refractivity contribution in [3.63, 3.8) is 0 Å². The summed E-state index contributed by atoms with van der Waals surface area (Å²) in [5.41, 5.74) is 2.79. The summed E-state index contributed by atoms with van der Waals surface area (Å²) >= 11 is 0. The van der Waals surface area contributed by atoms with Crippen LogP contribution < -0.4 is 4.90 Å². The number of aromatic nitrogens is 2. The molecule has 0 radical (unpaired) electrons. The van der Waals surface area contributed by atoms with E-state index in [-0.39, 0.29) is 0 Å². The number of benzene rings is 1. The minimum atomic E-state index is 0.542. The maximum absolute atomic E-state index is 7.00. The van der Waals surface area contributed by atoms with Crippen molar-refractivity contribution < 1.29 is 4.42 Å². The lowest BCUT2D eigenvalue weighted by molar-refractivity contribution is 0.569. The first-order valence-electron chi connectivity index (χ1n) is 7.84. The second kappa shape index (κ2) is 5.73. The molecule has 5 heteroatoms. The van der Waals surface area contributed by atoms with Gasteiger partial charge in [-0.3, -0.25) is 0 Å². The summed E-state index contributed by atoms with van der Waals surface area (Å²) < 4.78 is 5.83. The highest BCUT2D eigenvalue weighted by molar-refractivity contribution is 5.75. The number of nitrogens with zero attached hydrogens (tertiary/aromatic N) is 4. The molecule has 1 aliphatic rings. The zero-order valence-electron chi connectivity index (χ0n) is 12.7. The van der Waals surface area contributed by atoms with Gasteiger partial charge in [-0.2, -0.15) is 4.98 Å². The summed E-state index contributed by atoms with van der Waals surface area (Å²) in [5.74, 6) is 1.50. The fraction of sp³-hybridized carbons (Fsp3) is 0.278. The predicted octanol–water partition coefficient (Wildman–Crippen LogP) is 4.43. The largest absolute Gasteiger partial charge is 0.418 e. The molecule has 0 amide bonds. The number of hydrogen-bond acceptors (Lipinski definition) is 4. The second-order valence-corrected chi connectivity index (χ2v) is 5.72. The Labute approximate surface area is 134 Å². The molecule has 4 rings (SSSR count). The van der Waals surface area contributed by atoms with Crippen LogP contribution >= 0.6 is 0 Å². The first kappa shape index (κ1) is 13.8. The Balaban J connectivity index is 1.68. The SMILES string of the molecule is [C-]#[N+]c1ccc(-c2nc3ccc(N4CCCCC4)nc3o2)cc1. The van der Waals surface area contributed by atoms with Gasteiger partial charge in [-0.25, -0.2) is 9.83 Å². The lowest BCUT2D eigenvalue weighted by Gasteiger charge is -2.27. The minimum absolute atomic E-state index is 0.542. The van der Waals surface area contributed by atoms with Gasteiger partial charge in [0.1, 0.15) is 11.3 Å². The summed E-state index contributed by atoms with van der Waals surface area (Å²) in [6.07, 6.45) is 3.73. The molecular weight excluding hydrogens is 288 g/mol. The van der Waals surface area contributed by atoms with Crippen LogP contribution in [0.5, 0.6) is 0 Å². The molecule has 3 heterocycles. The standard InChI is InChI=1S/C18H16N4O/c1-19-14-7-5-13(6-8-14)17-20-15-9-10-16(21-18(15)23-17)22-11-3-2-4-12-22/h5-10H,2-4,11-12H2. The van der Waals surface area contributed by atoms with Gasteiger partial charge in [-0.05, 0) is 31.4 Å². The lowest BCUT2D eigenvalue weighted by Crippen LogP contribution is -2.29.